The highest BCUT2D eigenvalue weighted by Crippen LogP contribution is 2.06. The Morgan fingerprint density at radius 3 is 2.50 bits per heavy atom. The molecule has 0 saturated carbocycles. The van der Waals surface area contributed by atoms with Crippen LogP contribution in [0.3, 0.4) is 0 Å². The van der Waals surface area contributed by atoms with Crippen molar-refractivity contribution in [1.29, 1.82) is 0 Å². The second-order valence-corrected chi connectivity index (χ2v) is 4.48. The van der Waals surface area contributed by atoms with Crippen LogP contribution >= 0.6 is 0 Å². The first kappa shape index (κ1) is 12.7. The molecule has 0 atom stereocenters. The summed E-state index contributed by atoms with van der Waals surface area (Å²) >= 11 is 0. The molecule has 0 amide bonds. The molecule has 1 heterocycles. The van der Waals surface area contributed by atoms with E-state index < -0.39 is 5.54 Å². The number of hydrogen-bond donors (Lipinski definition) is 1. The lowest BCUT2D eigenvalue weighted by molar-refractivity contribution is 0.329. The molecule has 0 spiro atoms. The standard InChI is InChI=1S/C11H19N3O2/c1-4-6-13-7-5-9(15)14(10(13)16)11(2,3)8-12/h5,7H,4,6,8,12H2,1-3H3. The molecule has 0 aromatic carbocycles. The van der Waals surface area contributed by atoms with Gasteiger partial charge in [-0.05, 0) is 20.3 Å². The van der Waals surface area contributed by atoms with E-state index >= 15 is 0 Å². The number of hydrogen-bond acceptors (Lipinski definition) is 3. The summed E-state index contributed by atoms with van der Waals surface area (Å²) in [7, 11) is 0. The van der Waals surface area contributed by atoms with Crippen molar-refractivity contribution >= 4 is 0 Å². The fourth-order valence-electron chi connectivity index (χ4n) is 1.57. The van der Waals surface area contributed by atoms with Crippen LogP contribution in [-0.2, 0) is 12.1 Å². The Balaban J connectivity index is 3.44. The molecule has 16 heavy (non-hydrogen) atoms. The highest BCUT2D eigenvalue weighted by atomic mass is 16.2. The van der Waals surface area contributed by atoms with Crippen molar-refractivity contribution in [2.24, 2.45) is 5.73 Å². The summed E-state index contributed by atoms with van der Waals surface area (Å²) in [5.74, 6) is 0. The van der Waals surface area contributed by atoms with E-state index in [0.717, 1.165) is 6.42 Å². The molecule has 1 rings (SSSR count). The number of nitrogens with two attached hydrogens (primary N) is 1. The van der Waals surface area contributed by atoms with Gasteiger partial charge in [0.2, 0.25) is 0 Å². The Hall–Kier alpha value is -1.36. The zero-order valence-corrected chi connectivity index (χ0v) is 10.1. The average molecular weight is 225 g/mol. The van der Waals surface area contributed by atoms with E-state index in [0.29, 0.717) is 6.54 Å². The maximum absolute atomic E-state index is 12.1. The summed E-state index contributed by atoms with van der Waals surface area (Å²) in [6.45, 7) is 6.41. The van der Waals surface area contributed by atoms with Gasteiger partial charge in [-0.1, -0.05) is 6.92 Å². The molecule has 5 nitrogen and oxygen atoms in total. The molecule has 0 radical (unpaired) electrons. The first-order chi connectivity index (χ1) is 7.44. The van der Waals surface area contributed by atoms with Gasteiger partial charge in [-0.2, -0.15) is 0 Å². The highest BCUT2D eigenvalue weighted by molar-refractivity contribution is 4.92. The van der Waals surface area contributed by atoms with Gasteiger partial charge in [0.25, 0.3) is 5.56 Å². The number of rotatable bonds is 4. The maximum atomic E-state index is 12.1. The van der Waals surface area contributed by atoms with E-state index in [1.165, 1.54) is 16.8 Å². The Morgan fingerprint density at radius 1 is 1.38 bits per heavy atom. The van der Waals surface area contributed by atoms with Gasteiger partial charge in [-0.3, -0.25) is 9.36 Å². The van der Waals surface area contributed by atoms with Gasteiger partial charge in [0.15, 0.2) is 0 Å². The molecule has 0 aliphatic heterocycles. The highest BCUT2D eigenvalue weighted by Gasteiger charge is 2.22. The molecule has 0 bridgehead atoms. The van der Waals surface area contributed by atoms with Crippen molar-refractivity contribution in [1.82, 2.24) is 9.13 Å². The fraction of sp³-hybridized carbons (Fsp3) is 0.636. The zero-order chi connectivity index (χ0) is 12.3. The zero-order valence-electron chi connectivity index (χ0n) is 10.1. The van der Waals surface area contributed by atoms with Crippen molar-refractivity contribution in [2.45, 2.75) is 39.3 Å². The summed E-state index contributed by atoms with van der Waals surface area (Å²) in [5, 5.41) is 0. The minimum atomic E-state index is -0.648. The van der Waals surface area contributed by atoms with Gasteiger partial charge in [-0.25, -0.2) is 4.79 Å². The van der Waals surface area contributed by atoms with E-state index in [9.17, 15) is 9.59 Å². The smallest absolute Gasteiger partial charge is 0.328 e. The minimum absolute atomic E-state index is 0.248. The number of aryl methyl sites for hydroxylation is 1. The summed E-state index contributed by atoms with van der Waals surface area (Å²) in [6.07, 6.45) is 2.39. The van der Waals surface area contributed by atoms with Gasteiger partial charge in [-0.15, -0.1) is 0 Å². The number of aromatic nitrogens is 2. The molecule has 0 unspecified atom stereocenters. The molecule has 90 valence electrons. The van der Waals surface area contributed by atoms with E-state index in [1.54, 1.807) is 18.4 Å². The SMILES string of the molecule is CCCn1ccc(=O)n(C(C)(C)CN)c1=O. The van der Waals surface area contributed by atoms with E-state index in [-0.39, 0.29) is 17.8 Å². The van der Waals surface area contributed by atoms with Crippen molar-refractivity contribution in [3.8, 4) is 0 Å². The van der Waals surface area contributed by atoms with Gasteiger partial charge >= 0.3 is 5.69 Å². The quantitative estimate of drug-likeness (QED) is 0.791. The van der Waals surface area contributed by atoms with Crippen LogP contribution in [0.5, 0.6) is 0 Å². The molecule has 1 aromatic heterocycles. The molecule has 5 heteroatoms. The Bertz CT molecular complexity index is 471. The van der Waals surface area contributed by atoms with Crippen LogP contribution < -0.4 is 17.0 Å². The van der Waals surface area contributed by atoms with Gasteiger partial charge in [0.1, 0.15) is 0 Å². The summed E-state index contributed by atoms with van der Waals surface area (Å²) < 4.78 is 2.77. The van der Waals surface area contributed by atoms with Gasteiger partial charge in [0, 0.05) is 25.4 Å². The van der Waals surface area contributed by atoms with Crippen LogP contribution in [-0.4, -0.2) is 15.7 Å². The van der Waals surface area contributed by atoms with Crippen LogP contribution in [0.1, 0.15) is 27.2 Å². The molecular formula is C11H19N3O2. The first-order valence-electron chi connectivity index (χ1n) is 5.47. The first-order valence-corrected chi connectivity index (χ1v) is 5.47. The molecular weight excluding hydrogens is 206 g/mol. The van der Waals surface area contributed by atoms with E-state index in [4.69, 9.17) is 5.73 Å². The van der Waals surface area contributed by atoms with Crippen LogP contribution in [0.4, 0.5) is 0 Å². The Labute approximate surface area is 94.5 Å². The van der Waals surface area contributed by atoms with Crippen LogP contribution in [0, 0.1) is 0 Å². The monoisotopic (exact) mass is 225 g/mol. The third-order valence-electron chi connectivity index (χ3n) is 2.62. The number of nitrogens with zero attached hydrogens (tertiary/aromatic N) is 2. The maximum Gasteiger partial charge on any atom is 0.331 e. The largest absolute Gasteiger partial charge is 0.331 e. The normalized spacial score (nSPS) is 11.8. The molecule has 0 saturated heterocycles. The van der Waals surface area contributed by atoms with Gasteiger partial charge < -0.3 is 10.3 Å². The summed E-state index contributed by atoms with van der Waals surface area (Å²) in [5.41, 5.74) is 4.36. The summed E-state index contributed by atoms with van der Waals surface area (Å²) in [4.78, 5) is 23.8. The second-order valence-electron chi connectivity index (χ2n) is 4.48. The van der Waals surface area contributed by atoms with Crippen LogP contribution in [0.2, 0.25) is 0 Å². The van der Waals surface area contributed by atoms with Gasteiger partial charge in [0.05, 0.1) is 5.54 Å². The Morgan fingerprint density at radius 2 is 2.00 bits per heavy atom. The lowest BCUT2D eigenvalue weighted by Crippen LogP contribution is -2.51. The third-order valence-corrected chi connectivity index (χ3v) is 2.62. The van der Waals surface area contributed by atoms with Crippen LogP contribution in [0.15, 0.2) is 21.9 Å². The fourth-order valence-corrected chi connectivity index (χ4v) is 1.57. The molecule has 0 fully saturated rings. The van der Waals surface area contributed by atoms with E-state index in [1.807, 2.05) is 6.92 Å². The topological polar surface area (TPSA) is 70.0 Å². The third kappa shape index (κ3) is 2.24. The van der Waals surface area contributed by atoms with Crippen molar-refractivity contribution in [2.75, 3.05) is 6.54 Å². The summed E-state index contributed by atoms with van der Waals surface area (Å²) in [6, 6.07) is 1.41. The molecule has 2 N–H and O–H groups in total. The van der Waals surface area contributed by atoms with E-state index in [2.05, 4.69) is 0 Å². The predicted molar refractivity (Wildman–Crippen MR) is 63.6 cm³/mol. The minimum Gasteiger partial charge on any atom is -0.328 e. The lowest BCUT2D eigenvalue weighted by Gasteiger charge is -2.25. The Kier molecular flexibility index (Phi) is 3.70. The molecule has 0 aliphatic rings. The molecule has 1 aromatic rings. The lowest BCUT2D eigenvalue weighted by atomic mass is 10.1. The predicted octanol–water partition coefficient (Wildman–Crippen LogP) is 0.114. The van der Waals surface area contributed by atoms with Crippen molar-refractivity contribution < 1.29 is 0 Å². The van der Waals surface area contributed by atoms with Crippen LogP contribution in [0.25, 0.3) is 0 Å². The van der Waals surface area contributed by atoms with Crippen molar-refractivity contribution in [3.05, 3.63) is 33.1 Å². The van der Waals surface area contributed by atoms with Crippen molar-refractivity contribution in [3.63, 3.8) is 0 Å². The molecule has 0 aliphatic carbocycles. The second kappa shape index (κ2) is 4.65. The average Bonchev–Trinajstić information content (AvgIpc) is 2.22.